The van der Waals surface area contributed by atoms with Crippen molar-refractivity contribution in [1.82, 2.24) is 9.78 Å². The van der Waals surface area contributed by atoms with E-state index in [0.717, 1.165) is 18.4 Å². The highest BCUT2D eigenvalue weighted by atomic mass is 35.5. The summed E-state index contributed by atoms with van der Waals surface area (Å²) in [6, 6.07) is 26.8. The van der Waals surface area contributed by atoms with Gasteiger partial charge >= 0.3 is 0 Å². The van der Waals surface area contributed by atoms with Crippen LogP contribution in [0, 0.1) is 18.3 Å². The molecule has 0 radical (unpaired) electrons. The first-order valence-electron chi connectivity index (χ1n) is 10.7. The van der Waals surface area contributed by atoms with Crippen molar-refractivity contribution in [2.24, 2.45) is 0 Å². The molecule has 0 saturated carbocycles. The van der Waals surface area contributed by atoms with Gasteiger partial charge in [-0.05, 0) is 49.6 Å². The van der Waals surface area contributed by atoms with E-state index >= 15 is 0 Å². The number of nitrogens with zero attached hydrogens (tertiary/aromatic N) is 3. The molecule has 5 nitrogen and oxygen atoms in total. The van der Waals surface area contributed by atoms with Gasteiger partial charge in [-0.3, -0.25) is 4.79 Å². The number of ketones is 1. The van der Waals surface area contributed by atoms with Gasteiger partial charge in [0.15, 0.2) is 5.69 Å². The molecule has 0 aliphatic rings. The summed E-state index contributed by atoms with van der Waals surface area (Å²) in [5, 5.41) is 18.5. The first-order chi connectivity index (χ1) is 16.1. The van der Waals surface area contributed by atoms with Gasteiger partial charge in [0, 0.05) is 17.1 Å². The minimum atomic E-state index is -0.286. The molecule has 4 rings (SSSR count). The molecular weight excluding hydrogens is 432 g/mol. The fourth-order valence-electron chi connectivity index (χ4n) is 3.60. The smallest absolute Gasteiger partial charge is 0.214 e. The Morgan fingerprint density at radius 1 is 1.03 bits per heavy atom. The zero-order chi connectivity index (χ0) is 23.2. The van der Waals surface area contributed by atoms with Crippen LogP contribution in [0.1, 0.15) is 39.2 Å². The number of aryl methyl sites for hydroxylation is 2. The van der Waals surface area contributed by atoms with Crippen molar-refractivity contribution in [3.05, 3.63) is 112 Å². The molecule has 1 N–H and O–H groups in total. The second-order valence-corrected chi connectivity index (χ2v) is 8.22. The number of nitriles is 1. The molecule has 3 aromatic carbocycles. The fraction of sp³-hybridized carbons (Fsp3) is 0.148. The highest BCUT2D eigenvalue weighted by molar-refractivity contribution is 6.30. The summed E-state index contributed by atoms with van der Waals surface area (Å²) in [7, 11) is 0. The molecule has 0 saturated heterocycles. The SMILES string of the molecule is Cc1ccc(C(=O)c2nn(-c3ccc(Cl)cc3)c(NCCCc3ccccc3)c2C#N)cc1. The lowest BCUT2D eigenvalue weighted by Crippen LogP contribution is -2.09. The van der Waals surface area contributed by atoms with Gasteiger partial charge in [-0.15, -0.1) is 0 Å². The van der Waals surface area contributed by atoms with Gasteiger partial charge in [-0.1, -0.05) is 71.8 Å². The molecule has 0 amide bonds. The Labute approximate surface area is 198 Å². The van der Waals surface area contributed by atoms with Gasteiger partial charge in [0.05, 0.1) is 5.69 Å². The standard InChI is InChI=1S/C27H23ClN4O/c1-19-9-11-21(12-10-19)26(33)25-24(18-29)27(30-17-5-8-20-6-3-2-4-7-20)32(31-25)23-15-13-22(28)14-16-23/h2-4,6-7,9-16,30H,5,8,17H2,1H3. The molecule has 0 bridgehead atoms. The molecule has 0 spiro atoms. The molecule has 0 aliphatic heterocycles. The van der Waals surface area contributed by atoms with Crippen molar-refractivity contribution in [3.8, 4) is 11.8 Å². The van der Waals surface area contributed by atoms with Gasteiger partial charge in [-0.2, -0.15) is 10.4 Å². The van der Waals surface area contributed by atoms with E-state index < -0.39 is 0 Å². The van der Waals surface area contributed by atoms with E-state index in [2.05, 4.69) is 28.6 Å². The van der Waals surface area contributed by atoms with Crippen molar-refractivity contribution in [2.75, 3.05) is 11.9 Å². The Kier molecular flexibility index (Phi) is 6.87. The minimum Gasteiger partial charge on any atom is -0.369 e. The minimum absolute atomic E-state index is 0.127. The Morgan fingerprint density at radius 3 is 2.39 bits per heavy atom. The lowest BCUT2D eigenvalue weighted by Gasteiger charge is -2.10. The number of anilines is 1. The normalized spacial score (nSPS) is 10.6. The fourth-order valence-corrected chi connectivity index (χ4v) is 3.73. The van der Waals surface area contributed by atoms with E-state index in [1.807, 2.05) is 49.4 Å². The van der Waals surface area contributed by atoms with Gasteiger partial charge in [0.1, 0.15) is 17.5 Å². The van der Waals surface area contributed by atoms with E-state index in [9.17, 15) is 10.1 Å². The molecule has 0 unspecified atom stereocenters. The van der Waals surface area contributed by atoms with Crippen LogP contribution in [0.15, 0.2) is 78.9 Å². The Bertz CT molecular complexity index is 1290. The predicted octanol–water partition coefficient (Wildman–Crippen LogP) is 5.98. The number of hydrogen-bond donors (Lipinski definition) is 1. The van der Waals surface area contributed by atoms with Crippen LogP contribution >= 0.6 is 11.6 Å². The number of nitrogens with one attached hydrogen (secondary N) is 1. The number of benzene rings is 3. The lowest BCUT2D eigenvalue weighted by atomic mass is 10.0. The van der Waals surface area contributed by atoms with Crippen LogP contribution < -0.4 is 5.32 Å². The number of carbonyl (C=O) groups is 1. The number of carbonyl (C=O) groups excluding carboxylic acids is 1. The Balaban J connectivity index is 1.66. The largest absolute Gasteiger partial charge is 0.369 e. The van der Waals surface area contributed by atoms with Gasteiger partial charge in [0.25, 0.3) is 0 Å². The average Bonchev–Trinajstić information content (AvgIpc) is 3.21. The number of aromatic nitrogens is 2. The molecule has 33 heavy (non-hydrogen) atoms. The summed E-state index contributed by atoms with van der Waals surface area (Å²) in [5.74, 6) is 0.218. The lowest BCUT2D eigenvalue weighted by molar-refractivity contribution is 0.103. The number of rotatable bonds is 8. The van der Waals surface area contributed by atoms with Crippen LogP contribution in [-0.4, -0.2) is 22.1 Å². The zero-order valence-electron chi connectivity index (χ0n) is 18.3. The van der Waals surface area contributed by atoms with Crippen LogP contribution in [0.5, 0.6) is 0 Å². The molecule has 4 aromatic rings. The predicted molar refractivity (Wildman–Crippen MR) is 131 cm³/mol. The van der Waals surface area contributed by atoms with Gasteiger partial charge < -0.3 is 5.32 Å². The van der Waals surface area contributed by atoms with Crippen LogP contribution in [0.2, 0.25) is 5.02 Å². The third kappa shape index (κ3) is 5.14. The van der Waals surface area contributed by atoms with Crippen LogP contribution in [0.4, 0.5) is 5.82 Å². The second-order valence-electron chi connectivity index (χ2n) is 7.78. The van der Waals surface area contributed by atoms with E-state index in [4.69, 9.17) is 11.6 Å². The van der Waals surface area contributed by atoms with E-state index in [1.54, 1.807) is 28.9 Å². The van der Waals surface area contributed by atoms with Crippen LogP contribution in [0.25, 0.3) is 5.69 Å². The molecule has 164 valence electrons. The third-order valence-corrected chi connectivity index (χ3v) is 5.63. The molecule has 1 aromatic heterocycles. The topological polar surface area (TPSA) is 70.7 Å². The first kappa shape index (κ1) is 22.3. The molecule has 0 fully saturated rings. The maximum Gasteiger partial charge on any atom is 0.214 e. The van der Waals surface area contributed by atoms with Crippen molar-refractivity contribution >= 4 is 23.2 Å². The van der Waals surface area contributed by atoms with E-state index in [0.29, 0.717) is 28.6 Å². The third-order valence-electron chi connectivity index (χ3n) is 5.37. The highest BCUT2D eigenvalue weighted by Crippen LogP contribution is 2.26. The maximum atomic E-state index is 13.2. The summed E-state index contributed by atoms with van der Waals surface area (Å²) in [5.41, 5.74) is 3.87. The van der Waals surface area contributed by atoms with Crippen molar-refractivity contribution in [3.63, 3.8) is 0 Å². The number of hydrogen-bond acceptors (Lipinski definition) is 4. The zero-order valence-corrected chi connectivity index (χ0v) is 19.0. The van der Waals surface area contributed by atoms with Crippen LogP contribution in [0.3, 0.4) is 0 Å². The number of halogens is 1. The van der Waals surface area contributed by atoms with Gasteiger partial charge in [0.2, 0.25) is 5.78 Å². The van der Waals surface area contributed by atoms with Crippen molar-refractivity contribution in [2.45, 2.75) is 19.8 Å². The molecule has 0 atom stereocenters. The maximum absolute atomic E-state index is 13.2. The first-order valence-corrected chi connectivity index (χ1v) is 11.1. The summed E-state index contributed by atoms with van der Waals surface area (Å²) >= 11 is 6.05. The highest BCUT2D eigenvalue weighted by Gasteiger charge is 2.25. The summed E-state index contributed by atoms with van der Waals surface area (Å²) in [6.45, 7) is 2.59. The van der Waals surface area contributed by atoms with E-state index in [-0.39, 0.29) is 17.0 Å². The van der Waals surface area contributed by atoms with Crippen molar-refractivity contribution < 1.29 is 4.79 Å². The molecular formula is C27H23ClN4O. The molecule has 1 heterocycles. The average molecular weight is 455 g/mol. The quantitative estimate of drug-likeness (QED) is 0.262. The second kappa shape index (κ2) is 10.2. The summed E-state index contributed by atoms with van der Waals surface area (Å²) in [6.07, 6.45) is 1.77. The van der Waals surface area contributed by atoms with Crippen LogP contribution in [-0.2, 0) is 6.42 Å². The van der Waals surface area contributed by atoms with E-state index in [1.165, 1.54) is 5.56 Å². The summed E-state index contributed by atoms with van der Waals surface area (Å²) < 4.78 is 1.61. The monoisotopic (exact) mass is 454 g/mol. The summed E-state index contributed by atoms with van der Waals surface area (Å²) in [4.78, 5) is 13.2. The molecule has 0 aliphatic carbocycles. The molecule has 6 heteroatoms. The Morgan fingerprint density at radius 2 is 1.73 bits per heavy atom. The van der Waals surface area contributed by atoms with Crippen molar-refractivity contribution in [1.29, 1.82) is 5.26 Å². The van der Waals surface area contributed by atoms with Gasteiger partial charge in [-0.25, -0.2) is 4.68 Å². The Hall–Kier alpha value is -3.88.